The molecule has 0 aliphatic heterocycles. The van der Waals surface area contributed by atoms with Gasteiger partial charge in [-0.05, 0) is 44.2 Å². The quantitative estimate of drug-likeness (QED) is 0.496. The molecule has 0 saturated heterocycles. The number of anilines is 1. The predicted molar refractivity (Wildman–Crippen MR) is 117 cm³/mol. The van der Waals surface area contributed by atoms with Gasteiger partial charge in [-0.15, -0.1) is 0 Å². The summed E-state index contributed by atoms with van der Waals surface area (Å²) < 4.78 is 3.65. The Morgan fingerprint density at radius 2 is 1.70 bits per heavy atom. The van der Waals surface area contributed by atoms with Gasteiger partial charge in [0.05, 0.1) is 33.4 Å². The van der Waals surface area contributed by atoms with Crippen LogP contribution in [0, 0.1) is 13.8 Å². The molecule has 7 heteroatoms. The smallest absolute Gasteiger partial charge is 0.258 e. The summed E-state index contributed by atoms with van der Waals surface area (Å²) in [7, 11) is 1.89. The van der Waals surface area contributed by atoms with Gasteiger partial charge in [-0.1, -0.05) is 30.3 Å². The van der Waals surface area contributed by atoms with E-state index in [2.05, 4.69) is 20.4 Å². The largest absolute Gasteiger partial charge is 0.313 e. The zero-order valence-corrected chi connectivity index (χ0v) is 16.9. The maximum atomic E-state index is 13.3. The summed E-state index contributed by atoms with van der Waals surface area (Å²) >= 11 is 0. The molecule has 1 N–H and O–H groups in total. The highest BCUT2D eigenvalue weighted by Crippen LogP contribution is 2.26. The van der Waals surface area contributed by atoms with Gasteiger partial charge in [0.15, 0.2) is 5.65 Å². The number of rotatable bonds is 3. The first-order valence-electron chi connectivity index (χ1n) is 9.68. The first kappa shape index (κ1) is 18.1. The number of hydrogen-bond acceptors (Lipinski definition) is 4. The number of aryl methyl sites for hydroxylation is 3. The Hall–Kier alpha value is -4.00. The van der Waals surface area contributed by atoms with E-state index in [1.165, 1.54) is 0 Å². The van der Waals surface area contributed by atoms with Gasteiger partial charge in [0.1, 0.15) is 0 Å². The van der Waals surface area contributed by atoms with Crippen LogP contribution in [0.25, 0.3) is 27.8 Å². The summed E-state index contributed by atoms with van der Waals surface area (Å²) in [6.07, 6.45) is 0. The fourth-order valence-corrected chi connectivity index (χ4v) is 3.77. The molecule has 2 aromatic carbocycles. The molecule has 3 heterocycles. The number of para-hydroxylation sites is 3. The van der Waals surface area contributed by atoms with Crippen molar-refractivity contribution in [2.24, 2.45) is 7.05 Å². The summed E-state index contributed by atoms with van der Waals surface area (Å²) in [6.45, 7) is 3.77. The van der Waals surface area contributed by atoms with E-state index in [4.69, 9.17) is 0 Å². The number of hydrogen-bond donors (Lipinski definition) is 1. The lowest BCUT2D eigenvalue weighted by Crippen LogP contribution is -2.16. The van der Waals surface area contributed by atoms with Crippen LogP contribution in [-0.4, -0.2) is 30.2 Å². The van der Waals surface area contributed by atoms with E-state index in [1.54, 1.807) is 10.7 Å². The van der Waals surface area contributed by atoms with Crippen LogP contribution in [0.5, 0.6) is 0 Å². The Morgan fingerprint density at radius 1 is 0.967 bits per heavy atom. The Morgan fingerprint density at radius 3 is 2.47 bits per heavy atom. The van der Waals surface area contributed by atoms with Gasteiger partial charge >= 0.3 is 0 Å². The van der Waals surface area contributed by atoms with Crippen molar-refractivity contribution in [2.45, 2.75) is 13.8 Å². The molecule has 0 radical (unpaired) electrons. The lowest BCUT2D eigenvalue weighted by Gasteiger charge is -2.08. The summed E-state index contributed by atoms with van der Waals surface area (Å²) in [5.41, 5.74) is 5.37. The maximum Gasteiger partial charge on any atom is 0.258 e. The maximum absolute atomic E-state index is 13.3. The molecule has 3 aromatic heterocycles. The minimum atomic E-state index is -0.236. The summed E-state index contributed by atoms with van der Waals surface area (Å²) in [6, 6.07) is 19.4. The number of carbonyl (C=O) groups is 1. The highest BCUT2D eigenvalue weighted by molar-refractivity contribution is 6.12. The number of carbonyl (C=O) groups excluding carboxylic acids is 1. The molecule has 0 atom stereocenters. The van der Waals surface area contributed by atoms with Crippen LogP contribution in [0.15, 0.2) is 60.7 Å². The van der Waals surface area contributed by atoms with Crippen molar-refractivity contribution in [3.8, 4) is 5.69 Å². The Labute approximate surface area is 173 Å². The van der Waals surface area contributed by atoms with Crippen molar-refractivity contribution in [2.75, 3.05) is 5.32 Å². The summed E-state index contributed by atoms with van der Waals surface area (Å²) in [5, 5.41) is 8.35. The zero-order valence-electron chi connectivity index (χ0n) is 16.9. The van der Waals surface area contributed by atoms with E-state index < -0.39 is 0 Å². The molecule has 1 amide bonds. The second-order valence-corrected chi connectivity index (χ2v) is 7.28. The molecule has 0 unspecified atom stereocenters. The number of aromatic nitrogens is 5. The van der Waals surface area contributed by atoms with Crippen molar-refractivity contribution in [3.63, 3.8) is 0 Å². The fraction of sp³-hybridized carbons (Fsp3) is 0.130. The molecule has 5 rings (SSSR count). The second-order valence-electron chi connectivity index (χ2n) is 7.28. The van der Waals surface area contributed by atoms with Crippen LogP contribution in [-0.2, 0) is 7.05 Å². The third-order valence-electron chi connectivity index (χ3n) is 5.20. The van der Waals surface area contributed by atoms with Crippen molar-refractivity contribution in [3.05, 3.63) is 77.6 Å². The van der Waals surface area contributed by atoms with Crippen LogP contribution < -0.4 is 5.32 Å². The Balaban J connectivity index is 1.62. The standard InChI is InChI=1S/C23H20N6O/c1-14-13-17(22(30)26-23-25-18-11-7-8-12-19(18)28(23)3)20-15(2)27-29(21(20)24-14)16-9-5-4-6-10-16/h4-13H,1-3H3,(H,25,26,30). The first-order valence-corrected chi connectivity index (χ1v) is 9.68. The van der Waals surface area contributed by atoms with Crippen molar-refractivity contribution >= 4 is 33.9 Å². The number of benzene rings is 2. The van der Waals surface area contributed by atoms with Crippen LogP contribution >= 0.6 is 0 Å². The topological polar surface area (TPSA) is 77.6 Å². The molecule has 5 aromatic rings. The van der Waals surface area contributed by atoms with Gasteiger partial charge in [0.25, 0.3) is 5.91 Å². The minimum Gasteiger partial charge on any atom is -0.313 e. The molecule has 0 aliphatic carbocycles. The molecular weight excluding hydrogens is 376 g/mol. The average Bonchev–Trinajstić information content (AvgIpc) is 3.25. The molecule has 30 heavy (non-hydrogen) atoms. The Bertz CT molecular complexity index is 1410. The number of imidazole rings is 1. The highest BCUT2D eigenvalue weighted by atomic mass is 16.1. The number of fused-ring (bicyclic) bond motifs is 2. The monoisotopic (exact) mass is 396 g/mol. The predicted octanol–water partition coefficient (Wildman–Crippen LogP) is 4.18. The first-order chi connectivity index (χ1) is 14.5. The normalized spacial score (nSPS) is 11.3. The van der Waals surface area contributed by atoms with Crippen molar-refractivity contribution in [1.29, 1.82) is 0 Å². The number of pyridine rings is 1. The van der Waals surface area contributed by atoms with E-state index >= 15 is 0 Å². The zero-order chi connectivity index (χ0) is 20.8. The van der Waals surface area contributed by atoms with Gasteiger partial charge < -0.3 is 4.57 Å². The van der Waals surface area contributed by atoms with Crippen molar-refractivity contribution < 1.29 is 4.79 Å². The highest BCUT2D eigenvalue weighted by Gasteiger charge is 2.21. The molecule has 148 valence electrons. The van der Waals surface area contributed by atoms with Crippen LogP contribution in [0.1, 0.15) is 21.7 Å². The molecule has 0 spiro atoms. The van der Waals surface area contributed by atoms with E-state index in [9.17, 15) is 4.79 Å². The average molecular weight is 396 g/mol. The number of amides is 1. The van der Waals surface area contributed by atoms with E-state index in [1.807, 2.05) is 80.1 Å². The molecule has 7 nitrogen and oxygen atoms in total. The SMILES string of the molecule is Cc1cc(C(=O)Nc2nc3ccccc3n2C)c2c(C)nn(-c3ccccc3)c2n1. The van der Waals surface area contributed by atoms with Crippen molar-refractivity contribution in [1.82, 2.24) is 24.3 Å². The molecule has 0 saturated carbocycles. The Kier molecular flexibility index (Phi) is 4.10. The van der Waals surface area contributed by atoms with Gasteiger partial charge in [-0.3, -0.25) is 10.1 Å². The lowest BCUT2D eigenvalue weighted by molar-refractivity contribution is 0.102. The van der Waals surface area contributed by atoms with Crippen LogP contribution in [0.2, 0.25) is 0 Å². The van der Waals surface area contributed by atoms with Crippen LogP contribution in [0.4, 0.5) is 5.95 Å². The second kappa shape index (κ2) is 6.81. The summed E-state index contributed by atoms with van der Waals surface area (Å²) in [5.74, 6) is 0.261. The fourth-order valence-electron chi connectivity index (χ4n) is 3.77. The van der Waals surface area contributed by atoms with Crippen LogP contribution in [0.3, 0.4) is 0 Å². The minimum absolute atomic E-state index is 0.236. The van der Waals surface area contributed by atoms with Gasteiger partial charge in [0, 0.05) is 12.7 Å². The third-order valence-corrected chi connectivity index (χ3v) is 5.20. The molecule has 0 bridgehead atoms. The number of nitrogens with one attached hydrogen (secondary N) is 1. The van der Waals surface area contributed by atoms with E-state index in [0.29, 0.717) is 17.2 Å². The lowest BCUT2D eigenvalue weighted by atomic mass is 10.1. The van der Waals surface area contributed by atoms with E-state index in [0.717, 1.165) is 33.5 Å². The molecule has 0 fully saturated rings. The van der Waals surface area contributed by atoms with Gasteiger partial charge in [-0.25, -0.2) is 14.6 Å². The molecule has 0 aliphatic rings. The van der Waals surface area contributed by atoms with Gasteiger partial charge in [0.2, 0.25) is 5.95 Å². The third kappa shape index (κ3) is 2.83. The van der Waals surface area contributed by atoms with Gasteiger partial charge in [-0.2, -0.15) is 5.10 Å². The summed E-state index contributed by atoms with van der Waals surface area (Å²) in [4.78, 5) is 22.5. The van der Waals surface area contributed by atoms with E-state index in [-0.39, 0.29) is 5.91 Å². The molecular formula is C23H20N6O. The number of nitrogens with zero attached hydrogens (tertiary/aromatic N) is 5.